The summed E-state index contributed by atoms with van der Waals surface area (Å²) in [4.78, 5) is 12.2. The van der Waals surface area contributed by atoms with Gasteiger partial charge in [0.15, 0.2) is 0 Å². The summed E-state index contributed by atoms with van der Waals surface area (Å²) in [6.07, 6.45) is 0.796. The van der Waals surface area contributed by atoms with Crippen LogP contribution >= 0.6 is 0 Å². The van der Waals surface area contributed by atoms with E-state index in [1.165, 1.54) is 0 Å². The number of aromatic nitrogens is 2. The number of amides is 1. The van der Waals surface area contributed by atoms with Crippen LogP contribution in [-0.2, 0) is 20.0 Å². The van der Waals surface area contributed by atoms with E-state index in [4.69, 9.17) is 10.5 Å². The lowest BCUT2D eigenvalue weighted by molar-refractivity contribution is 0.0941. The van der Waals surface area contributed by atoms with Crippen LogP contribution in [0.15, 0.2) is 24.3 Å². The zero-order valence-corrected chi connectivity index (χ0v) is 12.5. The van der Waals surface area contributed by atoms with Crippen LogP contribution in [0.4, 0.5) is 5.69 Å². The zero-order chi connectivity index (χ0) is 15.4. The Bertz CT molecular complexity index is 649. The standard InChI is InChI=1S/C15H20N4O2/c1-4-12-8-13(19(2)18-12)15(20)17-9-10-7-11(16)5-6-14(10)21-3/h5-8H,4,9,16H2,1-3H3,(H,17,20). The van der Waals surface area contributed by atoms with E-state index >= 15 is 0 Å². The minimum absolute atomic E-state index is 0.172. The summed E-state index contributed by atoms with van der Waals surface area (Å²) >= 11 is 0. The molecular formula is C15H20N4O2. The summed E-state index contributed by atoms with van der Waals surface area (Å²) in [7, 11) is 3.35. The Labute approximate surface area is 123 Å². The van der Waals surface area contributed by atoms with Gasteiger partial charge in [0.2, 0.25) is 0 Å². The van der Waals surface area contributed by atoms with Crippen molar-refractivity contribution in [1.29, 1.82) is 0 Å². The lowest BCUT2D eigenvalue weighted by Gasteiger charge is -2.10. The number of carbonyl (C=O) groups excluding carboxylic acids is 1. The minimum Gasteiger partial charge on any atom is -0.496 e. The number of nitrogens with zero attached hydrogens (tertiary/aromatic N) is 2. The molecule has 0 aliphatic heterocycles. The number of hydrogen-bond acceptors (Lipinski definition) is 4. The quantitative estimate of drug-likeness (QED) is 0.817. The third-order valence-electron chi connectivity index (χ3n) is 3.27. The van der Waals surface area contributed by atoms with E-state index in [1.807, 2.05) is 6.92 Å². The first-order valence-electron chi connectivity index (χ1n) is 6.78. The number of nitrogens with two attached hydrogens (primary N) is 1. The van der Waals surface area contributed by atoms with E-state index in [0.29, 0.717) is 23.7 Å². The molecule has 0 aliphatic rings. The summed E-state index contributed by atoms with van der Waals surface area (Å²) < 4.78 is 6.85. The van der Waals surface area contributed by atoms with Crippen LogP contribution in [0, 0.1) is 0 Å². The van der Waals surface area contributed by atoms with Crippen LogP contribution in [0.5, 0.6) is 5.75 Å². The van der Waals surface area contributed by atoms with E-state index in [-0.39, 0.29) is 5.91 Å². The number of ether oxygens (including phenoxy) is 1. The zero-order valence-electron chi connectivity index (χ0n) is 12.5. The fraction of sp³-hybridized carbons (Fsp3) is 0.333. The van der Waals surface area contributed by atoms with Crippen LogP contribution in [0.25, 0.3) is 0 Å². The number of nitrogens with one attached hydrogen (secondary N) is 1. The molecule has 2 aromatic rings. The summed E-state index contributed by atoms with van der Waals surface area (Å²) in [5, 5.41) is 7.12. The van der Waals surface area contributed by atoms with Gasteiger partial charge in [0, 0.05) is 24.8 Å². The average Bonchev–Trinajstić information content (AvgIpc) is 2.86. The van der Waals surface area contributed by atoms with Crippen molar-refractivity contribution in [3.05, 3.63) is 41.2 Å². The largest absolute Gasteiger partial charge is 0.496 e. The molecule has 0 bridgehead atoms. The highest BCUT2D eigenvalue weighted by Gasteiger charge is 2.13. The molecule has 6 heteroatoms. The molecule has 21 heavy (non-hydrogen) atoms. The third-order valence-corrected chi connectivity index (χ3v) is 3.27. The molecule has 0 spiro atoms. The molecule has 1 aromatic carbocycles. The van der Waals surface area contributed by atoms with Crippen molar-refractivity contribution in [3.63, 3.8) is 0 Å². The van der Waals surface area contributed by atoms with E-state index in [2.05, 4.69) is 10.4 Å². The number of anilines is 1. The van der Waals surface area contributed by atoms with Crippen LogP contribution < -0.4 is 15.8 Å². The Hall–Kier alpha value is -2.50. The molecule has 0 fully saturated rings. The molecular weight excluding hydrogens is 268 g/mol. The summed E-state index contributed by atoms with van der Waals surface area (Å²) in [5.41, 5.74) is 8.66. The van der Waals surface area contributed by atoms with Crippen LogP contribution in [-0.4, -0.2) is 22.8 Å². The molecule has 1 amide bonds. The van der Waals surface area contributed by atoms with Crippen LogP contribution in [0.3, 0.4) is 0 Å². The first-order valence-corrected chi connectivity index (χ1v) is 6.78. The predicted molar refractivity (Wildman–Crippen MR) is 81.2 cm³/mol. The summed E-state index contributed by atoms with van der Waals surface area (Å²) in [6.45, 7) is 2.35. The second-order valence-corrected chi connectivity index (χ2v) is 4.75. The monoisotopic (exact) mass is 288 g/mol. The SMILES string of the molecule is CCc1cc(C(=O)NCc2cc(N)ccc2OC)n(C)n1. The molecule has 0 radical (unpaired) electrons. The Balaban J connectivity index is 2.10. The van der Waals surface area contributed by atoms with Gasteiger partial charge < -0.3 is 15.8 Å². The number of benzene rings is 1. The van der Waals surface area contributed by atoms with E-state index in [1.54, 1.807) is 43.1 Å². The highest BCUT2D eigenvalue weighted by molar-refractivity contribution is 5.92. The van der Waals surface area contributed by atoms with Crippen LogP contribution in [0.1, 0.15) is 28.7 Å². The van der Waals surface area contributed by atoms with Gasteiger partial charge >= 0.3 is 0 Å². The maximum Gasteiger partial charge on any atom is 0.269 e. The number of aryl methyl sites for hydroxylation is 2. The topological polar surface area (TPSA) is 82.2 Å². The van der Waals surface area contributed by atoms with Crippen molar-refractivity contribution >= 4 is 11.6 Å². The predicted octanol–water partition coefficient (Wildman–Crippen LogP) is 1.50. The van der Waals surface area contributed by atoms with Gasteiger partial charge in [-0.1, -0.05) is 6.92 Å². The molecule has 1 heterocycles. The van der Waals surface area contributed by atoms with E-state index in [9.17, 15) is 4.79 Å². The highest BCUT2D eigenvalue weighted by Crippen LogP contribution is 2.20. The Kier molecular flexibility index (Phi) is 4.47. The second kappa shape index (κ2) is 6.30. The van der Waals surface area contributed by atoms with Gasteiger partial charge in [0.1, 0.15) is 11.4 Å². The van der Waals surface area contributed by atoms with Gasteiger partial charge in [0.05, 0.1) is 12.8 Å². The van der Waals surface area contributed by atoms with Crippen molar-refractivity contribution in [3.8, 4) is 5.75 Å². The van der Waals surface area contributed by atoms with Crippen molar-refractivity contribution < 1.29 is 9.53 Å². The molecule has 0 saturated heterocycles. The van der Waals surface area contributed by atoms with E-state index < -0.39 is 0 Å². The lowest BCUT2D eigenvalue weighted by Crippen LogP contribution is -2.25. The summed E-state index contributed by atoms with van der Waals surface area (Å²) in [6, 6.07) is 7.14. The second-order valence-electron chi connectivity index (χ2n) is 4.75. The molecule has 0 unspecified atom stereocenters. The average molecular weight is 288 g/mol. The summed E-state index contributed by atoms with van der Waals surface area (Å²) in [5.74, 6) is 0.526. The number of methoxy groups -OCH3 is 1. The molecule has 1 aromatic heterocycles. The fourth-order valence-corrected chi connectivity index (χ4v) is 2.11. The Morgan fingerprint density at radius 3 is 2.81 bits per heavy atom. The lowest BCUT2D eigenvalue weighted by atomic mass is 10.1. The fourth-order valence-electron chi connectivity index (χ4n) is 2.11. The normalized spacial score (nSPS) is 10.4. The molecule has 6 nitrogen and oxygen atoms in total. The van der Waals surface area contributed by atoms with Gasteiger partial charge in [-0.15, -0.1) is 0 Å². The van der Waals surface area contributed by atoms with Crippen LogP contribution in [0.2, 0.25) is 0 Å². The minimum atomic E-state index is -0.172. The maximum atomic E-state index is 12.2. The number of nitrogen functional groups attached to an aromatic ring is 1. The number of rotatable bonds is 5. The van der Waals surface area contributed by atoms with Gasteiger partial charge in [-0.05, 0) is 30.7 Å². The van der Waals surface area contributed by atoms with Gasteiger partial charge in [-0.2, -0.15) is 5.10 Å². The molecule has 0 saturated carbocycles. The van der Waals surface area contributed by atoms with Crippen molar-refractivity contribution in [2.75, 3.05) is 12.8 Å². The van der Waals surface area contributed by atoms with Gasteiger partial charge in [-0.3, -0.25) is 9.48 Å². The van der Waals surface area contributed by atoms with Crippen molar-refractivity contribution in [2.24, 2.45) is 7.05 Å². The smallest absolute Gasteiger partial charge is 0.269 e. The highest BCUT2D eigenvalue weighted by atomic mass is 16.5. The molecule has 2 rings (SSSR count). The third kappa shape index (κ3) is 3.34. The number of hydrogen-bond donors (Lipinski definition) is 2. The molecule has 3 N–H and O–H groups in total. The van der Waals surface area contributed by atoms with E-state index in [0.717, 1.165) is 17.7 Å². The number of carbonyl (C=O) groups is 1. The first kappa shape index (κ1) is 14.9. The van der Waals surface area contributed by atoms with Crippen molar-refractivity contribution in [1.82, 2.24) is 15.1 Å². The van der Waals surface area contributed by atoms with Gasteiger partial charge in [-0.25, -0.2) is 0 Å². The Morgan fingerprint density at radius 1 is 1.43 bits per heavy atom. The Morgan fingerprint density at radius 2 is 2.19 bits per heavy atom. The molecule has 0 aliphatic carbocycles. The maximum absolute atomic E-state index is 12.2. The van der Waals surface area contributed by atoms with Crippen molar-refractivity contribution in [2.45, 2.75) is 19.9 Å². The first-order chi connectivity index (χ1) is 10.0. The molecule has 112 valence electrons. The molecule has 0 atom stereocenters. The van der Waals surface area contributed by atoms with Gasteiger partial charge in [0.25, 0.3) is 5.91 Å².